The quantitative estimate of drug-likeness (QED) is 0.657. The smallest absolute Gasteiger partial charge is 0.292 e. The van der Waals surface area contributed by atoms with Crippen LogP contribution in [0.4, 0.5) is 20.2 Å². The van der Waals surface area contributed by atoms with Crippen molar-refractivity contribution in [3.8, 4) is 0 Å². The molecule has 0 radical (unpaired) electrons. The van der Waals surface area contributed by atoms with E-state index < -0.39 is 22.6 Å². The molecule has 2 aromatic carbocycles. The van der Waals surface area contributed by atoms with Gasteiger partial charge in [0.1, 0.15) is 5.69 Å². The molecule has 7 heteroatoms. The molecule has 0 aromatic heterocycles. The molecular weight excluding hydrogens is 302 g/mol. The molecule has 0 saturated heterocycles. The maximum atomic E-state index is 13.7. The van der Waals surface area contributed by atoms with E-state index in [1.165, 1.54) is 30.3 Å². The molecule has 0 fully saturated rings. The number of hydrogen-bond donors (Lipinski definition) is 1. The molecule has 0 aliphatic carbocycles. The fourth-order valence-corrected chi connectivity index (χ4v) is 2.12. The second-order valence-electron chi connectivity index (χ2n) is 4.43. The second kappa shape index (κ2) is 6.05. The van der Waals surface area contributed by atoms with Gasteiger partial charge < -0.3 is 5.32 Å². The Kier molecular flexibility index (Phi) is 4.37. The molecule has 2 rings (SSSR count). The first-order valence-electron chi connectivity index (χ1n) is 6.04. The van der Waals surface area contributed by atoms with Gasteiger partial charge in [-0.1, -0.05) is 23.7 Å². The molecule has 0 amide bonds. The van der Waals surface area contributed by atoms with Crippen LogP contribution >= 0.6 is 11.6 Å². The molecule has 1 N–H and O–H groups in total. The topological polar surface area (TPSA) is 55.2 Å². The molecule has 1 atom stereocenters. The van der Waals surface area contributed by atoms with Crippen LogP contribution in [-0.2, 0) is 0 Å². The van der Waals surface area contributed by atoms with E-state index in [-0.39, 0.29) is 16.9 Å². The standard InChI is InChI=1S/C14H11ClF2N2O2/c1-8(10-3-2-4-11(16)14(10)17)18-12-7-9(15)5-6-13(12)19(20)21/h2-8,18H,1H3. The molecule has 2 aromatic rings. The highest BCUT2D eigenvalue weighted by molar-refractivity contribution is 6.31. The van der Waals surface area contributed by atoms with E-state index in [0.717, 1.165) is 6.07 Å². The predicted molar refractivity (Wildman–Crippen MR) is 76.5 cm³/mol. The Hall–Kier alpha value is -2.21. The Labute approximate surface area is 124 Å². The first-order valence-corrected chi connectivity index (χ1v) is 6.42. The SMILES string of the molecule is CC(Nc1cc(Cl)ccc1[N+](=O)[O-])c1cccc(F)c1F. The molecule has 110 valence electrons. The summed E-state index contributed by atoms with van der Waals surface area (Å²) in [5, 5.41) is 14.0. The van der Waals surface area contributed by atoms with Gasteiger partial charge in [-0.05, 0) is 25.1 Å². The Bertz CT molecular complexity index is 695. The van der Waals surface area contributed by atoms with E-state index in [2.05, 4.69) is 5.32 Å². The highest BCUT2D eigenvalue weighted by atomic mass is 35.5. The van der Waals surface area contributed by atoms with Crippen molar-refractivity contribution in [1.29, 1.82) is 0 Å². The number of nitrogens with one attached hydrogen (secondary N) is 1. The molecule has 0 aliphatic heterocycles. The Morgan fingerprint density at radius 1 is 1.29 bits per heavy atom. The Balaban J connectivity index is 2.35. The van der Waals surface area contributed by atoms with Crippen LogP contribution in [0.3, 0.4) is 0 Å². The van der Waals surface area contributed by atoms with Crippen LogP contribution in [0.25, 0.3) is 0 Å². The van der Waals surface area contributed by atoms with Crippen molar-refractivity contribution in [2.45, 2.75) is 13.0 Å². The Morgan fingerprint density at radius 2 is 2.00 bits per heavy atom. The second-order valence-corrected chi connectivity index (χ2v) is 4.86. The third-order valence-electron chi connectivity index (χ3n) is 2.98. The minimum atomic E-state index is -0.984. The number of anilines is 1. The number of benzene rings is 2. The van der Waals surface area contributed by atoms with Gasteiger partial charge in [0.05, 0.1) is 11.0 Å². The lowest BCUT2D eigenvalue weighted by Crippen LogP contribution is -2.11. The summed E-state index contributed by atoms with van der Waals surface area (Å²) in [4.78, 5) is 10.4. The zero-order valence-electron chi connectivity index (χ0n) is 10.9. The van der Waals surface area contributed by atoms with Crippen LogP contribution < -0.4 is 5.32 Å². The minimum absolute atomic E-state index is 0.0734. The van der Waals surface area contributed by atoms with Gasteiger partial charge in [-0.25, -0.2) is 8.78 Å². The fraction of sp³-hybridized carbons (Fsp3) is 0.143. The lowest BCUT2D eigenvalue weighted by atomic mass is 10.1. The first-order chi connectivity index (χ1) is 9.90. The molecule has 21 heavy (non-hydrogen) atoms. The van der Waals surface area contributed by atoms with Crippen molar-refractivity contribution in [1.82, 2.24) is 0 Å². The van der Waals surface area contributed by atoms with Gasteiger partial charge in [0, 0.05) is 16.7 Å². The van der Waals surface area contributed by atoms with E-state index in [0.29, 0.717) is 5.02 Å². The maximum absolute atomic E-state index is 13.7. The molecule has 0 heterocycles. The highest BCUT2D eigenvalue weighted by Crippen LogP contribution is 2.31. The molecule has 0 spiro atoms. The number of hydrogen-bond acceptors (Lipinski definition) is 3. The Morgan fingerprint density at radius 3 is 2.67 bits per heavy atom. The average molecular weight is 313 g/mol. The zero-order valence-corrected chi connectivity index (χ0v) is 11.7. The van der Waals surface area contributed by atoms with Crippen LogP contribution in [0.1, 0.15) is 18.5 Å². The fourth-order valence-electron chi connectivity index (χ4n) is 1.95. The number of nitro benzene ring substituents is 1. The monoisotopic (exact) mass is 312 g/mol. The van der Waals surface area contributed by atoms with Gasteiger partial charge in [-0.15, -0.1) is 0 Å². The molecule has 1 unspecified atom stereocenters. The van der Waals surface area contributed by atoms with Gasteiger partial charge in [-0.3, -0.25) is 10.1 Å². The van der Waals surface area contributed by atoms with E-state index in [1.54, 1.807) is 6.92 Å². The van der Waals surface area contributed by atoms with Crippen LogP contribution in [0.5, 0.6) is 0 Å². The minimum Gasteiger partial charge on any atom is -0.373 e. The summed E-state index contributed by atoms with van der Waals surface area (Å²) in [6, 6.07) is 7.13. The van der Waals surface area contributed by atoms with E-state index >= 15 is 0 Å². The van der Waals surface area contributed by atoms with Crippen molar-refractivity contribution in [3.05, 3.63) is 68.7 Å². The van der Waals surface area contributed by atoms with Crippen molar-refractivity contribution in [2.24, 2.45) is 0 Å². The van der Waals surface area contributed by atoms with Crippen LogP contribution in [0.15, 0.2) is 36.4 Å². The lowest BCUT2D eigenvalue weighted by molar-refractivity contribution is -0.384. The van der Waals surface area contributed by atoms with E-state index in [9.17, 15) is 18.9 Å². The summed E-state index contributed by atoms with van der Waals surface area (Å²) in [7, 11) is 0. The molecular formula is C14H11ClF2N2O2. The average Bonchev–Trinajstić information content (AvgIpc) is 2.41. The van der Waals surface area contributed by atoms with Crippen molar-refractivity contribution in [3.63, 3.8) is 0 Å². The van der Waals surface area contributed by atoms with E-state index in [4.69, 9.17) is 11.6 Å². The summed E-state index contributed by atoms with van der Waals surface area (Å²) in [5.74, 6) is -1.95. The summed E-state index contributed by atoms with van der Waals surface area (Å²) in [6.07, 6.45) is 0. The van der Waals surface area contributed by atoms with Crippen LogP contribution in [-0.4, -0.2) is 4.92 Å². The first kappa shape index (κ1) is 15.2. The summed E-state index contributed by atoms with van der Waals surface area (Å²) < 4.78 is 26.9. The largest absolute Gasteiger partial charge is 0.373 e. The molecule has 0 aliphatic rings. The van der Waals surface area contributed by atoms with Gasteiger partial charge in [-0.2, -0.15) is 0 Å². The van der Waals surface area contributed by atoms with Gasteiger partial charge in [0.2, 0.25) is 0 Å². The number of nitro groups is 1. The number of rotatable bonds is 4. The number of halogens is 3. The molecule has 4 nitrogen and oxygen atoms in total. The van der Waals surface area contributed by atoms with Crippen molar-refractivity contribution < 1.29 is 13.7 Å². The molecule has 0 bridgehead atoms. The third-order valence-corrected chi connectivity index (χ3v) is 3.21. The van der Waals surface area contributed by atoms with Crippen LogP contribution in [0, 0.1) is 21.7 Å². The van der Waals surface area contributed by atoms with Gasteiger partial charge in [0.15, 0.2) is 11.6 Å². The van der Waals surface area contributed by atoms with Crippen LogP contribution in [0.2, 0.25) is 5.02 Å². The summed E-state index contributed by atoms with van der Waals surface area (Å²) >= 11 is 5.81. The van der Waals surface area contributed by atoms with Gasteiger partial charge in [0.25, 0.3) is 5.69 Å². The van der Waals surface area contributed by atoms with Gasteiger partial charge >= 0.3 is 0 Å². The van der Waals surface area contributed by atoms with E-state index in [1.807, 2.05) is 0 Å². The summed E-state index contributed by atoms with van der Waals surface area (Å²) in [5.41, 5.74) is 0.0241. The van der Waals surface area contributed by atoms with Crippen molar-refractivity contribution >= 4 is 23.0 Å². The third kappa shape index (κ3) is 3.28. The maximum Gasteiger partial charge on any atom is 0.292 e. The predicted octanol–water partition coefficient (Wildman–Crippen LogP) is 4.70. The molecule has 0 saturated carbocycles. The highest BCUT2D eigenvalue weighted by Gasteiger charge is 2.19. The van der Waals surface area contributed by atoms with Crippen molar-refractivity contribution in [2.75, 3.05) is 5.32 Å². The zero-order chi connectivity index (χ0) is 15.6. The lowest BCUT2D eigenvalue weighted by Gasteiger charge is -2.16. The normalized spacial score (nSPS) is 12.0. The number of nitrogens with zero attached hydrogens (tertiary/aromatic N) is 1. The summed E-state index contributed by atoms with van der Waals surface area (Å²) in [6.45, 7) is 1.57.